The fourth-order valence-corrected chi connectivity index (χ4v) is 2.10. The van der Waals surface area contributed by atoms with Crippen molar-refractivity contribution < 1.29 is 14.6 Å². The van der Waals surface area contributed by atoms with Crippen LogP contribution in [-0.2, 0) is 0 Å². The molecule has 0 unspecified atom stereocenters. The number of hydrogen-bond acceptors (Lipinski definition) is 2. The highest BCUT2D eigenvalue weighted by molar-refractivity contribution is 5.86. The molecule has 0 aromatic heterocycles. The average Bonchev–Trinajstić information content (AvgIpc) is 2.44. The van der Waals surface area contributed by atoms with E-state index in [1.807, 2.05) is 19.1 Å². The summed E-state index contributed by atoms with van der Waals surface area (Å²) < 4.78 is 5.36. The van der Waals surface area contributed by atoms with E-state index in [0.29, 0.717) is 18.8 Å². The predicted molar refractivity (Wildman–Crippen MR) is 81.7 cm³/mol. The molecule has 1 rings (SSSR count). The second-order valence-corrected chi connectivity index (χ2v) is 4.78. The fraction of sp³-hybridized carbons (Fsp3) is 0.562. The molecule has 1 amide bonds. The lowest BCUT2D eigenvalue weighted by molar-refractivity contribution is 0.201. The largest absolute Gasteiger partial charge is 0.494 e. The molecular weight excluding hydrogens is 254 g/mol. The zero-order valence-electron chi connectivity index (χ0n) is 12.5. The Morgan fingerprint density at radius 3 is 2.30 bits per heavy atom. The third-order valence-electron chi connectivity index (χ3n) is 3.18. The first kappa shape index (κ1) is 16.3. The van der Waals surface area contributed by atoms with Crippen molar-refractivity contribution in [2.45, 2.75) is 46.0 Å². The van der Waals surface area contributed by atoms with Crippen LogP contribution in [0.4, 0.5) is 10.5 Å². The molecular formula is C16H25NO3. The SMILES string of the molecule is CCCCCCCN(C(=O)O)c1ccc(OCC)cc1. The van der Waals surface area contributed by atoms with Crippen molar-refractivity contribution in [1.29, 1.82) is 0 Å². The van der Waals surface area contributed by atoms with Crippen molar-refractivity contribution in [3.63, 3.8) is 0 Å². The minimum absolute atomic E-state index is 0.549. The van der Waals surface area contributed by atoms with Crippen molar-refractivity contribution in [2.75, 3.05) is 18.1 Å². The van der Waals surface area contributed by atoms with Gasteiger partial charge < -0.3 is 9.84 Å². The van der Waals surface area contributed by atoms with Gasteiger partial charge in [0.15, 0.2) is 0 Å². The van der Waals surface area contributed by atoms with Gasteiger partial charge in [0.25, 0.3) is 0 Å². The van der Waals surface area contributed by atoms with Crippen LogP contribution < -0.4 is 9.64 Å². The Morgan fingerprint density at radius 2 is 1.75 bits per heavy atom. The smallest absolute Gasteiger partial charge is 0.411 e. The van der Waals surface area contributed by atoms with Crippen molar-refractivity contribution in [2.24, 2.45) is 0 Å². The Kier molecular flexibility index (Phi) is 7.55. The highest BCUT2D eigenvalue weighted by atomic mass is 16.5. The summed E-state index contributed by atoms with van der Waals surface area (Å²) >= 11 is 0. The van der Waals surface area contributed by atoms with E-state index in [0.717, 1.165) is 18.6 Å². The first-order chi connectivity index (χ1) is 9.69. The van der Waals surface area contributed by atoms with Crippen molar-refractivity contribution in [3.05, 3.63) is 24.3 Å². The van der Waals surface area contributed by atoms with Gasteiger partial charge >= 0.3 is 6.09 Å². The van der Waals surface area contributed by atoms with E-state index >= 15 is 0 Å². The predicted octanol–water partition coefficient (Wildman–Crippen LogP) is 4.54. The minimum atomic E-state index is -0.898. The van der Waals surface area contributed by atoms with Gasteiger partial charge in [-0.1, -0.05) is 32.6 Å². The minimum Gasteiger partial charge on any atom is -0.494 e. The Morgan fingerprint density at radius 1 is 1.10 bits per heavy atom. The summed E-state index contributed by atoms with van der Waals surface area (Å²) in [6.45, 7) is 5.25. The molecule has 0 bridgehead atoms. The molecule has 1 N–H and O–H groups in total. The van der Waals surface area contributed by atoms with E-state index in [1.54, 1.807) is 12.1 Å². The van der Waals surface area contributed by atoms with Gasteiger partial charge in [-0.3, -0.25) is 4.90 Å². The monoisotopic (exact) mass is 279 g/mol. The molecule has 20 heavy (non-hydrogen) atoms. The number of carboxylic acid groups (broad SMARTS) is 1. The number of amides is 1. The first-order valence-corrected chi connectivity index (χ1v) is 7.42. The summed E-state index contributed by atoms with van der Waals surface area (Å²) in [5, 5.41) is 9.30. The number of nitrogens with zero attached hydrogens (tertiary/aromatic N) is 1. The van der Waals surface area contributed by atoms with E-state index in [9.17, 15) is 9.90 Å². The summed E-state index contributed by atoms with van der Waals surface area (Å²) in [5.41, 5.74) is 0.705. The highest BCUT2D eigenvalue weighted by Crippen LogP contribution is 2.20. The van der Waals surface area contributed by atoms with E-state index < -0.39 is 6.09 Å². The molecule has 112 valence electrons. The zero-order valence-corrected chi connectivity index (χ0v) is 12.5. The van der Waals surface area contributed by atoms with Crippen LogP contribution in [0.2, 0.25) is 0 Å². The molecule has 0 saturated carbocycles. The van der Waals surface area contributed by atoms with Gasteiger partial charge in [0.05, 0.1) is 6.61 Å². The third kappa shape index (κ3) is 5.51. The summed E-state index contributed by atoms with van der Waals surface area (Å²) in [6.07, 6.45) is 4.67. The molecule has 0 heterocycles. The Hall–Kier alpha value is -1.71. The normalized spacial score (nSPS) is 10.3. The van der Waals surface area contributed by atoms with Crippen LogP contribution in [-0.4, -0.2) is 24.4 Å². The van der Waals surface area contributed by atoms with E-state index in [-0.39, 0.29) is 0 Å². The maximum Gasteiger partial charge on any atom is 0.411 e. The second kappa shape index (κ2) is 9.23. The molecule has 0 aliphatic heterocycles. The van der Waals surface area contributed by atoms with Crippen molar-refractivity contribution in [3.8, 4) is 5.75 Å². The summed E-state index contributed by atoms with van der Waals surface area (Å²) in [6, 6.07) is 7.22. The van der Waals surface area contributed by atoms with Gasteiger partial charge in [-0.25, -0.2) is 4.79 Å². The van der Waals surface area contributed by atoms with Crippen LogP contribution in [0.3, 0.4) is 0 Å². The van der Waals surface area contributed by atoms with Gasteiger partial charge in [0.2, 0.25) is 0 Å². The molecule has 4 heteroatoms. The number of carbonyl (C=O) groups is 1. The molecule has 1 aromatic carbocycles. The Bertz CT molecular complexity index is 389. The summed E-state index contributed by atoms with van der Waals surface area (Å²) in [7, 11) is 0. The van der Waals surface area contributed by atoms with E-state index in [1.165, 1.54) is 24.2 Å². The molecule has 1 aromatic rings. The van der Waals surface area contributed by atoms with Crippen LogP contribution >= 0.6 is 0 Å². The fourth-order valence-electron chi connectivity index (χ4n) is 2.10. The topological polar surface area (TPSA) is 49.8 Å². The van der Waals surface area contributed by atoms with Gasteiger partial charge in [-0.05, 0) is 37.6 Å². The van der Waals surface area contributed by atoms with E-state index in [4.69, 9.17) is 4.74 Å². The number of benzene rings is 1. The van der Waals surface area contributed by atoms with Crippen LogP contribution in [0.1, 0.15) is 46.0 Å². The Labute approximate surface area is 121 Å². The lowest BCUT2D eigenvalue weighted by Gasteiger charge is -2.19. The van der Waals surface area contributed by atoms with Crippen LogP contribution in [0.15, 0.2) is 24.3 Å². The number of unbranched alkanes of at least 4 members (excludes halogenated alkanes) is 4. The van der Waals surface area contributed by atoms with Gasteiger partial charge in [-0.15, -0.1) is 0 Å². The standard InChI is InChI=1S/C16H25NO3/c1-3-5-6-7-8-13-17(16(18)19)14-9-11-15(12-10-14)20-4-2/h9-12H,3-8,13H2,1-2H3,(H,18,19). The molecule has 0 spiro atoms. The maximum atomic E-state index is 11.3. The summed E-state index contributed by atoms with van der Waals surface area (Å²) in [4.78, 5) is 12.7. The number of hydrogen-bond donors (Lipinski definition) is 1. The lowest BCUT2D eigenvalue weighted by atomic mass is 10.1. The van der Waals surface area contributed by atoms with Crippen LogP contribution in [0.25, 0.3) is 0 Å². The number of anilines is 1. The average molecular weight is 279 g/mol. The molecule has 0 aliphatic carbocycles. The molecule has 4 nitrogen and oxygen atoms in total. The van der Waals surface area contributed by atoms with Crippen molar-refractivity contribution in [1.82, 2.24) is 0 Å². The number of rotatable bonds is 9. The quantitative estimate of drug-likeness (QED) is 0.675. The first-order valence-electron chi connectivity index (χ1n) is 7.42. The van der Waals surface area contributed by atoms with Gasteiger partial charge in [-0.2, -0.15) is 0 Å². The zero-order chi connectivity index (χ0) is 14.8. The highest BCUT2D eigenvalue weighted by Gasteiger charge is 2.13. The van der Waals surface area contributed by atoms with Crippen LogP contribution in [0, 0.1) is 0 Å². The molecule has 0 radical (unpaired) electrons. The van der Waals surface area contributed by atoms with Gasteiger partial charge in [0.1, 0.15) is 5.75 Å². The third-order valence-corrected chi connectivity index (χ3v) is 3.18. The van der Waals surface area contributed by atoms with Crippen LogP contribution in [0.5, 0.6) is 5.75 Å². The van der Waals surface area contributed by atoms with E-state index in [2.05, 4.69) is 6.92 Å². The second-order valence-electron chi connectivity index (χ2n) is 4.78. The molecule has 0 fully saturated rings. The maximum absolute atomic E-state index is 11.3. The van der Waals surface area contributed by atoms with Gasteiger partial charge in [0, 0.05) is 12.2 Å². The Balaban J connectivity index is 2.54. The number of ether oxygens (including phenoxy) is 1. The molecule has 0 saturated heterocycles. The summed E-state index contributed by atoms with van der Waals surface area (Å²) in [5.74, 6) is 0.768. The molecule has 0 atom stereocenters. The molecule has 0 aliphatic rings. The lowest BCUT2D eigenvalue weighted by Crippen LogP contribution is -2.30. The van der Waals surface area contributed by atoms with Crippen molar-refractivity contribution >= 4 is 11.8 Å².